The first-order valence-corrected chi connectivity index (χ1v) is 13.2. The molecule has 35 heavy (non-hydrogen) atoms. The van der Waals surface area contributed by atoms with Crippen LogP contribution in [-0.4, -0.2) is 64.6 Å². The van der Waals surface area contributed by atoms with Crippen molar-refractivity contribution in [3.63, 3.8) is 0 Å². The van der Waals surface area contributed by atoms with E-state index in [1.165, 1.54) is 0 Å². The highest BCUT2D eigenvalue weighted by Gasteiger charge is 2.42. The van der Waals surface area contributed by atoms with E-state index in [1.807, 2.05) is 19.2 Å². The number of ketones is 1. The summed E-state index contributed by atoms with van der Waals surface area (Å²) < 4.78 is 5.80. The maximum Gasteiger partial charge on any atom is 0.319 e. The highest BCUT2D eigenvalue weighted by Crippen LogP contribution is 2.32. The highest BCUT2D eigenvalue weighted by atomic mass is 16.5. The van der Waals surface area contributed by atoms with Crippen LogP contribution >= 0.6 is 0 Å². The maximum atomic E-state index is 13.1. The van der Waals surface area contributed by atoms with Crippen molar-refractivity contribution >= 4 is 11.8 Å². The molecule has 1 fully saturated rings. The van der Waals surface area contributed by atoms with Gasteiger partial charge < -0.3 is 15.2 Å². The Bertz CT molecular complexity index is 797. The van der Waals surface area contributed by atoms with Crippen molar-refractivity contribution < 1.29 is 19.4 Å². The molecule has 2 heterocycles. The third kappa shape index (κ3) is 9.28. The topological polar surface area (TPSA) is 91.8 Å². The van der Waals surface area contributed by atoms with Gasteiger partial charge in [0.25, 0.3) is 0 Å². The molecule has 7 nitrogen and oxygen atoms in total. The number of ether oxygens (including phenoxy) is 1. The first kappa shape index (κ1) is 29.4. The fourth-order valence-corrected chi connectivity index (χ4v) is 5.40. The summed E-state index contributed by atoms with van der Waals surface area (Å²) >= 11 is 0. The predicted octanol–water partition coefficient (Wildman–Crippen LogP) is 3.99. The smallest absolute Gasteiger partial charge is 0.319 e. The van der Waals surface area contributed by atoms with Crippen LogP contribution in [0.3, 0.4) is 0 Å². The van der Waals surface area contributed by atoms with Crippen molar-refractivity contribution in [1.82, 2.24) is 15.2 Å². The molecule has 1 aromatic heterocycles. The van der Waals surface area contributed by atoms with Gasteiger partial charge in [0, 0.05) is 37.4 Å². The third-order valence-corrected chi connectivity index (χ3v) is 7.03. The summed E-state index contributed by atoms with van der Waals surface area (Å²) in [5.41, 5.74) is -1.05. The van der Waals surface area contributed by atoms with Crippen LogP contribution in [0.25, 0.3) is 0 Å². The summed E-state index contributed by atoms with van der Waals surface area (Å²) in [4.78, 5) is 32.7. The van der Waals surface area contributed by atoms with Gasteiger partial charge in [-0.15, -0.1) is 0 Å². The zero-order valence-corrected chi connectivity index (χ0v) is 22.7. The molecular weight excluding hydrogens is 442 g/mol. The first-order chi connectivity index (χ1) is 16.5. The van der Waals surface area contributed by atoms with Gasteiger partial charge in [-0.1, -0.05) is 26.8 Å². The van der Waals surface area contributed by atoms with Crippen LogP contribution in [0.5, 0.6) is 0 Å². The zero-order chi connectivity index (χ0) is 26.1. The lowest BCUT2D eigenvalue weighted by molar-refractivity contribution is -0.161. The minimum Gasteiger partial charge on any atom is -0.463 e. The molecule has 0 aliphatic carbocycles. The normalized spacial score (nSPS) is 29.1. The van der Waals surface area contributed by atoms with E-state index in [-0.39, 0.29) is 24.3 Å². The Labute approximate surface area is 212 Å². The SMILES string of the molecule is CCCN1C[C@H](C)C[C@@](C)(O)C[C@@H](C)C(=O)C(C)(C)C(=O)OC[C@H]1CCCNCc1cccnc1. The van der Waals surface area contributed by atoms with Gasteiger partial charge in [0.1, 0.15) is 12.0 Å². The molecule has 0 radical (unpaired) electrons. The Morgan fingerprint density at radius 2 is 1.97 bits per heavy atom. The molecule has 7 heteroatoms. The Morgan fingerprint density at radius 3 is 2.63 bits per heavy atom. The number of nitrogens with one attached hydrogen (secondary N) is 1. The lowest BCUT2D eigenvalue weighted by Crippen LogP contribution is -2.44. The standard InChI is InChI=1S/C28H47N3O4/c1-7-14-31-19-21(2)15-28(6,34)16-22(3)25(32)27(4,5)26(33)35-20-24(31)11-9-13-30-18-23-10-8-12-29-17-23/h8,10,12,17,21-22,24,30,34H,7,9,11,13-16,18-20H2,1-6H3/t21-,22-,24-,28-/m1/s1. The molecule has 0 bridgehead atoms. The van der Waals surface area contributed by atoms with E-state index in [0.717, 1.165) is 51.0 Å². The molecule has 0 saturated carbocycles. The number of nitrogens with zero attached hydrogens (tertiary/aromatic N) is 2. The molecule has 1 saturated heterocycles. The minimum atomic E-state index is -1.24. The number of hydrogen-bond acceptors (Lipinski definition) is 7. The molecule has 1 aliphatic rings. The minimum absolute atomic E-state index is 0.0653. The largest absolute Gasteiger partial charge is 0.463 e. The second-order valence-electron chi connectivity index (χ2n) is 11.3. The molecule has 1 aliphatic heterocycles. The average Bonchev–Trinajstić information content (AvgIpc) is 2.79. The van der Waals surface area contributed by atoms with Crippen LogP contribution < -0.4 is 5.32 Å². The molecule has 2 N–H and O–H groups in total. The quantitative estimate of drug-likeness (QED) is 0.324. The molecule has 1 aromatic rings. The van der Waals surface area contributed by atoms with Gasteiger partial charge in [0.15, 0.2) is 5.78 Å². The van der Waals surface area contributed by atoms with Gasteiger partial charge >= 0.3 is 5.97 Å². The van der Waals surface area contributed by atoms with E-state index in [0.29, 0.717) is 12.8 Å². The van der Waals surface area contributed by atoms with Crippen LogP contribution in [-0.2, 0) is 20.9 Å². The molecule has 0 unspecified atom stereocenters. The molecule has 0 spiro atoms. The van der Waals surface area contributed by atoms with Gasteiger partial charge in [-0.25, -0.2) is 0 Å². The van der Waals surface area contributed by atoms with Gasteiger partial charge in [0.05, 0.1) is 5.60 Å². The number of esters is 1. The second-order valence-corrected chi connectivity index (χ2v) is 11.3. The summed E-state index contributed by atoms with van der Waals surface area (Å²) in [6.07, 6.45) is 7.40. The molecule has 0 aromatic carbocycles. The predicted molar refractivity (Wildman–Crippen MR) is 139 cm³/mol. The number of rotatable bonds is 8. The van der Waals surface area contributed by atoms with E-state index < -0.39 is 22.9 Å². The van der Waals surface area contributed by atoms with Crippen molar-refractivity contribution in [3.8, 4) is 0 Å². The van der Waals surface area contributed by atoms with Crippen LogP contribution in [0.15, 0.2) is 24.5 Å². The highest BCUT2D eigenvalue weighted by molar-refractivity contribution is 6.03. The molecule has 198 valence electrons. The molecule has 0 amide bonds. The number of pyridine rings is 1. The van der Waals surface area contributed by atoms with Gasteiger partial charge in [-0.3, -0.25) is 19.5 Å². The Kier molecular flexibility index (Phi) is 11.3. The number of carbonyl (C=O) groups excluding carboxylic acids is 2. The van der Waals surface area contributed by atoms with Gasteiger partial charge in [-0.2, -0.15) is 0 Å². The lowest BCUT2D eigenvalue weighted by atomic mass is 9.76. The second kappa shape index (κ2) is 13.5. The van der Waals surface area contributed by atoms with E-state index in [1.54, 1.807) is 27.0 Å². The number of cyclic esters (lactones) is 1. The summed E-state index contributed by atoms with van der Waals surface area (Å²) in [5.74, 6) is -0.822. The van der Waals surface area contributed by atoms with E-state index >= 15 is 0 Å². The number of hydrogen-bond donors (Lipinski definition) is 2. The van der Waals surface area contributed by atoms with Gasteiger partial charge in [-0.05, 0) is 83.5 Å². The van der Waals surface area contributed by atoms with Crippen molar-refractivity contribution in [1.29, 1.82) is 0 Å². The average molecular weight is 490 g/mol. The Morgan fingerprint density at radius 1 is 1.23 bits per heavy atom. The Balaban J connectivity index is 2.13. The van der Waals surface area contributed by atoms with Crippen LogP contribution in [0.1, 0.15) is 79.2 Å². The monoisotopic (exact) mass is 489 g/mol. The van der Waals surface area contributed by atoms with Gasteiger partial charge in [0.2, 0.25) is 0 Å². The summed E-state index contributed by atoms with van der Waals surface area (Å²) in [6.45, 7) is 14.8. The van der Waals surface area contributed by atoms with Crippen LogP contribution in [0.2, 0.25) is 0 Å². The van der Waals surface area contributed by atoms with Crippen molar-refractivity contribution in [3.05, 3.63) is 30.1 Å². The Hall–Kier alpha value is -1.83. The number of aromatic nitrogens is 1. The van der Waals surface area contributed by atoms with Crippen molar-refractivity contribution in [2.24, 2.45) is 17.3 Å². The zero-order valence-electron chi connectivity index (χ0n) is 22.7. The van der Waals surface area contributed by atoms with E-state index in [2.05, 4.69) is 35.1 Å². The van der Waals surface area contributed by atoms with E-state index in [4.69, 9.17) is 4.74 Å². The fraction of sp³-hybridized carbons (Fsp3) is 0.750. The number of carbonyl (C=O) groups is 2. The molecule has 4 atom stereocenters. The van der Waals surface area contributed by atoms with Crippen molar-refractivity contribution in [2.45, 2.75) is 91.8 Å². The summed E-state index contributed by atoms with van der Waals surface area (Å²) in [6, 6.07) is 4.06. The number of Topliss-reactive ketones (excluding diaryl/α,β-unsaturated/α-hetero) is 1. The summed E-state index contributed by atoms with van der Waals surface area (Å²) in [5, 5.41) is 14.6. The third-order valence-electron chi connectivity index (χ3n) is 7.03. The van der Waals surface area contributed by atoms with E-state index in [9.17, 15) is 14.7 Å². The molecule has 2 rings (SSSR count). The molecular formula is C28H47N3O4. The van der Waals surface area contributed by atoms with Crippen LogP contribution in [0.4, 0.5) is 0 Å². The first-order valence-electron chi connectivity index (χ1n) is 13.2. The fourth-order valence-electron chi connectivity index (χ4n) is 5.40. The summed E-state index contributed by atoms with van der Waals surface area (Å²) in [7, 11) is 0. The van der Waals surface area contributed by atoms with Crippen molar-refractivity contribution in [2.75, 3.05) is 26.2 Å². The van der Waals surface area contributed by atoms with Crippen LogP contribution in [0, 0.1) is 17.3 Å². The lowest BCUT2D eigenvalue weighted by Gasteiger charge is -2.35. The maximum absolute atomic E-state index is 13.1. The number of aliphatic hydroxyl groups is 1.